The predicted molar refractivity (Wildman–Crippen MR) is 89.6 cm³/mol. The third kappa shape index (κ3) is 4.80. The van der Waals surface area contributed by atoms with Gasteiger partial charge in [-0.2, -0.15) is 8.42 Å². The Bertz CT molecular complexity index is 769. The summed E-state index contributed by atoms with van der Waals surface area (Å²) in [6.45, 7) is 2.22. The summed E-state index contributed by atoms with van der Waals surface area (Å²) in [4.78, 5) is 0.136. The summed E-state index contributed by atoms with van der Waals surface area (Å²) < 4.78 is 32.9. The lowest BCUT2D eigenvalue weighted by Gasteiger charge is -2.12. The lowest BCUT2D eigenvalue weighted by Crippen LogP contribution is -2.29. The summed E-state index contributed by atoms with van der Waals surface area (Å²) in [5.41, 5.74) is 1.89. The molecule has 2 aromatic carbocycles. The van der Waals surface area contributed by atoms with Crippen LogP contribution in [0.4, 0.5) is 0 Å². The van der Waals surface area contributed by atoms with E-state index in [2.05, 4.69) is 4.40 Å². The number of benzene rings is 2. The molecule has 2 aromatic rings. The molecule has 0 aliphatic rings. The van der Waals surface area contributed by atoms with Gasteiger partial charge in [0.15, 0.2) is 0 Å². The number of nitrogens with zero attached hydrogens (tertiary/aromatic N) is 2. The van der Waals surface area contributed by atoms with Crippen molar-refractivity contribution in [2.75, 3.05) is 7.11 Å². The number of hydrazine groups is 1. The Morgan fingerprint density at radius 2 is 1.74 bits per heavy atom. The maximum absolute atomic E-state index is 12.1. The molecule has 0 unspecified atom stereocenters. The van der Waals surface area contributed by atoms with E-state index in [1.165, 1.54) is 17.1 Å². The molecule has 2 rings (SSSR count). The molecule has 0 atom stereocenters. The van der Waals surface area contributed by atoms with Crippen LogP contribution in [0, 0.1) is 6.92 Å². The summed E-state index contributed by atoms with van der Waals surface area (Å²) in [7, 11) is -2.16. The molecule has 0 fully saturated rings. The van der Waals surface area contributed by atoms with Crippen LogP contribution in [-0.2, 0) is 16.6 Å². The van der Waals surface area contributed by atoms with Crippen molar-refractivity contribution in [2.24, 2.45) is 10.2 Å². The molecule has 7 heteroatoms. The molecule has 0 radical (unpaired) electrons. The van der Waals surface area contributed by atoms with Crippen molar-refractivity contribution in [2.45, 2.75) is 18.4 Å². The van der Waals surface area contributed by atoms with Crippen LogP contribution < -0.4 is 10.6 Å². The molecule has 2 N–H and O–H groups in total. The number of hydrogen-bond acceptors (Lipinski definition) is 4. The minimum absolute atomic E-state index is 0.136. The van der Waals surface area contributed by atoms with Gasteiger partial charge in [0, 0.05) is 0 Å². The first kappa shape index (κ1) is 17.0. The van der Waals surface area contributed by atoms with Gasteiger partial charge in [0.25, 0.3) is 10.0 Å². The van der Waals surface area contributed by atoms with Crippen LogP contribution in [-0.4, -0.2) is 26.9 Å². The average molecular weight is 333 g/mol. The summed E-state index contributed by atoms with van der Waals surface area (Å²) in [5.74, 6) is 6.52. The highest BCUT2D eigenvalue weighted by molar-refractivity contribution is 7.90. The second-order valence-corrected chi connectivity index (χ2v) is 6.66. The van der Waals surface area contributed by atoms with E-state index in [0.29, 0.717) is 6.54 Å². The van der Waals surface area contributed by atoms with E-state index in [1.54, 1.807) is 19.2 Å². The SMILES string of the molecule is COc1ccc(CN(N)C=NS(=O)(=O)c2ccc(C)cc2)cc1. The average Bonchev–Trinajstić information content (AvgIpc) is 2.54. The summed E-state index contributed by atoms with van der Waals surface area (Å²) in [6, 6.07) is 13.8. The molecule has 0 heterocycles. The standard InChI is InChI=1S/C16H19N3O3S/c1-13-3-9-16(10-4-13)23(20,21)18-12-19(17)11-14-5-7-15(22-2)8-6-14/h3-10,12H,11,17H2,1-2H3. The van der Waals surface area contributed by atoms with Crippen molar-refractivity contribution in [1.29, 1.82) is 0 Å². The molecule has 0 aromatic heterocycles. The predicted octanol–water partition coefficient (Wildman–Crippen LogP) is 2.10. The van der Waals surface area contributed by atoms with Gasteiger partial charge in [-0.3, -0.25) is 5.01 Å². The number of rotatable bonds is 6. The fourth-order valence-corrected chi connectivity index (χ4v) is 2.72. The zero-order valence-corrected chi connectivity index (χ0v) is 13.8. The van der Waals surface area contributed by atoms with Crippen molar-refractivity contribution in [3.63, 3.8) is 0 Å². The van der Waals surface area contributed by atoms with Crippen molar-refractivity contribution >= 4 is 16.4 Å². The van der Waals surface area contributed by atoms with Crippen LogP contribution in [0.15, 0.2) is 57.8 Å². The Balaban J connectivity index is 2.04. The Morgan fingerprint density at radius 1 is 1.13 bits per heavy atom. The number of hydrogen-bond donors (Lipinski definition) is 1. The van der Waals surface area contributed by atoms with Crippen LogP contribution in [0.1, 0.15) is 11.1 Å². The Hall–Kier alpha value is -2.38. The van der Waals surface area contributed by atoms with Crippen LogP contribution in [0.25, 0.3) is 0 Å². The number of aryl methyl sites for hydroxylation is 1. The van der Waals surface area contributed by atoms with Crippen LogP contribution in [0.5, 0.6) is 5.75 Å². The van der Waals surface area contributed by atoms with E-state index in [0.717, 1.165) is 23.2 Å². The largest absolute Gasteiger partial charge is 0.497 e. The first-order valence-electron chi connectivity index (χ1n) is 6.92. The van der Waals surface area contributed by atoms with Gasteiger partial charge in [-0.1, -0.05) is 29.8 Å². The highest BCUT2D eigenvalue weighted by Gasteiger charge is 2.11. The van der Waals surface area contributed by atoms with Crippen molar-refractivity contribution in [1.82, 2.24) is 5.01 Å². The van der Waals surface area contributed by atoms with E-state index in [9.17, 15) is 8.42 Å². The van der Waals surface area contributed by atoms with Gasteiger partial charge in [-0.05, 0) is 36.8 Å². The van der Waals surface area contributed by atoms with E-state index < -0.39 is 10.0 Å². The van der Waals surface area contributed by atoms with Gasteiger partial charge < -0.3 is 4.74 Å². The van der Waals surface area contributed by atoms with Gasteiger partial charge >= 0.3 is 0 Å². The third-order valence-electron chi connectivity index (χ3n) is 3.18. The minimum Gasteiger partial charge on any atom is -0.497 e. The molecular weight excluding hydrogens is 314 g/mol. The molecule has 23 heavy (non-hydrogen) atoms. The first-order valence-corrected chi connectivity index (χ1v) is 8.36. The molecule has 6 nitrogen and oxygen atoms in total. The topological polar surface area (TPSA) is 85.0 Å². The maximum atomic E-state index is 12.1. The zero-order valence-electron chi connectivity index (χ0n) is 13.0. The van der Waals surface area contributed by atoms with Gasteiger partial charge in [-0.25, -0.2) is 5.84 Å². The fourth-order valence-electron chi connectivity index (χ4n) is 1.88. The molecule has 122 valence electrons. The highest BCUT2D eigenvalue weighted by atomic mass is 32.2. The third-order valence-corrected chi connectivity index (χ3v) is 4.42. The molecule has 0 aliphatic heterocycles. The Morgan fingerprint density at radius 3 is 2.30 bits per heavy atom. The van der Waals surface area contributed by atoms with Crippen LogP contribution in [0.3, 0.4) is 0 Å². The monoisotopic (exact) mass is 333 g/mol. The fraction of sp³-hybridized carbons (Fsp3) is 0.188. The van der Waals surface area contributed by atoms with Crippen molar-refractivity contribution in [3.8, 4) is 5.75 Å². The molecule has 0 aliphatic carbocycles. The van der Waals surface area contributed by atoms with E-state index in [-0.39, 0.29) is 4.90 Å². The van der Waals surface area contributed by atoms with Crippen molar-refractivity contribution < 1.29 is 13.2 Å². The second kappa shape index (κ2) is 7.26. The molecule has 0 saturated carbocycles. The smallest absolute Gasteiger partial charge is 0.283 e. The molecule has 0 spiro atoms. The first-order chi connectivity index (χ1) is 10.9. The van der Waals surface area contributed by atoms with E-state index >= 15 is 0 Å². The molecule has 0 bridgehead atoms. The summed E-state index contributed by atoms with van der Waals surface area (Å²) in [5, 5.41) is 1.22. The highest BCUT2D eigenvalue weighted by Crippen LogP contribution is 2.14. The van der Waals surface area contributed by atoms with Gasteiger partial charge in [0.05, 0.1) is 18.6 Å². The number of sulfonamides is 1. The molecule has 0 amide bonds. The molecule has 0 saturated heterocycles. The quantitative estimate of drug-likeness (QED) is 0.379. The zero-order chi connectivity index (χ0) is 16.9. The summed E-state index contributed by atoms with van der Waals surface area (Å²) in [6.07, 6.45) is 1.11. The van der Waals surface area contributed by atoms with Crippen LogP contribution in [0.2, 0.25) is 0 Å². The van der Waals surface area contributed by atoms with E-state index in [4.69, 9.17) is 10.6 Å². The normalized spacial score (nSPS) is 11.6. The molecular formula is C16H19N3O3S. The Kier molecular flexibility index (Phi) is 5.36. The van der Waals surface area contributed by atoms with Crippen LogP contribution >= 0.6 is 0 Å². The minimum atomic E-state index is -3.75. The van der Waals surface area contributed by atoms with E-state index in [1.807, 2.05) is 31.2 Å². The van der Waals surface area contributed by atoms with Gasteiger partial charge in [-0.15, -0.1) is 4.40 Å². The number of ether oxygens (including phenoxy) is 1. The number of nitrogens with two attached hydrogens (primary N) is 1. The summed E-state index contributed by atoms with van der Waals surface area (Å²) >= 11 is 0. The second-order valence-electron chi connectivity index (χ2n) is 5.03. The van der Waals surface area contributed by atoms with Gasteiger partial charge in [0.2, 0.25) is 0 Å². The lowest BCUT2D eigenvalue weighted by atomic mass is 10.2. The lowest BCUT2D eigenvalue weighted by molar-refractivity contribution is 0.413. The van der Waals surface area contributed by atoms with Gasteiger partial charge in [0.1, 0.15) is 12.1 Å². The number of methoxy groups -OCH3 is 1. The maximum Gasteiger partial charge on any atom is 0.283 e. The van der Waals surface area contributed by atoms with Crippen molar-refractivity contribution in [3.05, 3.63) is 59.7 Å². The Labute approximate surface area is 136 Å².